The lowest BCUT2D eigenvalue weighted by Gasteiger charge is -2.21. The van der Waals surface area contributed by atoms with E-state index in [1.165, 1.54) is 7.11 Å². The number of alkyl halides is 3. The highest BCUT2D eigenvalue weighted by atomic mass is 19.4. The van der Waals surface area contributed by atoms with E-state index in [1.54, 1.807) is 27.7 Å². The zero-order valence-corrected chi connectivity index (χ0v) is 17.4. The summed E-state index contributed by atoms with van der Waals surface area (Å²) in [7, 11) is 1.17. The molecule has 6 nitrogen and oxygen atoms in total. The van der Waals surface area contributed by atoms with Gasteiger partial charge in [-0.1, -0.05) is 0 Å². The molecule has 0 saturated carbocycles. The van der Waals surface area contributed by atoms with Gasteiger partial charge in [-0.3, -0.25) is 0 Å². The molecular weight excluding hydrogens is 389 g/mol. The monoisotopic (exact) mass is 418 g/mol. The van der Waals surface area contributed by atoms with Crippen LogP contribution in [0.2, 0.25) is 0 Å². The second-order valence-electron chi connectivity index (χ2n) is 7.72. The Kier molecular flexibility index (Phi) is 8.79. The highest BCUT2D eigenvalue weighted by Gasteiger charge is 2.34. The second-order valence-corrected chi connectivity index (χ2v) is 7.72. The lowest BCUT2D eigenvalue weighted by molar-refractivity contribution is -0.137. The minimum Gasteiger partial charge on any atom is -0.465 e. The number of hydrogen-bond donors (Lipinski definition) is 2. The van der Waals surface area contributed by atoms with E-state index in [0.29, 0.717) is 25.8 Å². The van der Waals surface area contributed by atoms with Gasteiger partial charge in [-0.05, 0) is 65.2 Å². The number of hydrogen-bond acceptors (Lipinski definition) is 5. The van der Waals surface area contributed by atoms with E-state index in [9.17, 15) is 22.8 Å². The Morgan fingerprint density at radius 3 is 2.34 bits per heavy atom. The van der Waals surface area contributed by atoms with E-state index in [-0.39, 0.29) is 17.3 Å². The average molecular weight is 418 g/mol. The van der Waals surface area contributed by atoms with Gasteiger partial charge < -0.3 is 20.1 Å². The number of nitrogens with one attached hydrogen (secondary N) is 2. The fourth-order valence-corrected chi connectivity index (χ4v) is 2.57. The number of ether oxygens (including phenoxy) is 2. The zero-order chi connectivity index (χ0) is 22.2. The van der Waals surface area contributed by atoms with Crippen molar-refractivity contribution < 1.29 is 32.2 Å². The number of carbonyl (C=O) groups excluding carboxylic acids is 2. The summed E-state index contributed by atoms with van der Waals surface area (Å²) < 4.78 is 49.4. The predicted molar refractivity (Wildman–Crippen MR) is 104 cm³/mol. The molecule has 0 fully saturated rings. The van der Waals surface area contributed by atoms with Crippen LogP contribution in [-0.2, 0) is 15.7 Å². The van der Waals surface area contributed by atoms with E-state index in [4.69, 9.17) is 4.74 Å². The number of rotatable bonds is 8. The maximum atomic E-state index is 13.3. The summed E-state index contributed by atoms with van der Waals surface area (Å²) in [5.41, 5.74) is -1.54. The molecule has 1 aromatic rings. The standard InChI is InChI=1S/C20H29F3N2O4/c1-13(8-6-7-11-24-18(27)29-19(2,3)4)25-16-12-14(17(26)28-5)9-10-15(16)20(21,22)23/h9-10,12-13,25H,6-8,11H2,1-5H3,(H,24,27). The van der Waals surface area contributed by atoms with Crippen LogP contribution in [0.5, 0.6) is 0 Å². The van der Waals surface area contributed by atoms with Crippen molar-refractivity contribution in [2.45, 2.75) is 64.8 Å². The Hall–Kier alpha value is -2.45. The maximum Gasteiger partial charge on any atom is 0.418 e. The van der Waals surface area contributed by atoms with Crippen molar-refractivity contribution in [1.29, 1.82) is 0 Å². The molecule has 0 aromatic heterocycles. The molecule has 0 bridgehead atoms. The van der Waals surface area contributed by atoms with Crippen molar-refractivity contribution in [3.8, 4) is 0 Å². The molecule has 1 atom stereocenters. The number of amides is 1. The predicted octanol–water partition coefficient (Wildman–Crippen LogP) is 4.99. The molecule has 1 amide bonds. The van der Waals surface area contributed by atoms with Gasteiger partial charge in [-0.2, -0.15) is 13.2 Å². The first-order valence-corrected chi connectivity index (χ1v) is 9.36. The SMILES string of the molecule is COC(=O)c1ccc(C(F)(F)F)c(NC(C)CCCCNC(=O)OC(C)(C)C)c1. The fourth-order valence-electron chi connectivity index (χ4n) is 2.57. The summed E-state index contributed by atoms with van der Waals surface area (Å²) in [6, 6.07) is 2.83. The van der Waals surface area contributed by atoms with E-state index in [1.807, 2.05) is 0 Å². The van der Waals surface area contributed by atoms with Crippen LogP contribution in [0.15, 0.2) is 18.2 Å². The highest BCUT2D eigenvalue weighted by molar-refractivity contribution is 5.90. The Morgan fingerprint density at radius 1 is 1.14 bits per heavy atom. The first-order chi connectivity index (χ1) is 13.3. The largest absolute Gasteiger partial charge is 0.465 e. The van der Waals surface area contributed by atoms with E-state index >= 15 is 0 Å². The smallest absolute Gasteiger partial charge is 0.418 e. The van der Waals surface area contributed by atoms with E-state index in [2.05, 4.69) is 15.4 Å². The van der Waals surface area contributed by atoms with Crippen LogP contribution in [-0.4, -0.2) is 37.4 Å². The summed E-state index contributed by atoms with van der Waals surface area (Å²) >= 11 is 0. The van der Waals surface area contributed by atoms with Crippen LogP contribution in [0.1, 0.15) is 62.9 Å². The molecule has 0 heterocycles. The summed E-state index contributed by atoms with van der Waals surface area (Å²) in [6.07, 6.45) is -3.14. The molecule has 0 aliphatic rings. The molecule has 1 rings (SSSR count). The summed E-state index contributed by atoms with van der Waals surface area (Å²) in [5, 5.41) is 5.46. The maximum absolute atomic E-state index is 13.3. The van der Waals surface area contributed by atoms with Gasteiger partial charge in [-0.25, -0.2) is 9.59 Å². The number of anilines is 1. The van der Waals surface area contributed by atoms with Gasteiger partial charge in [0.25, 0.3) is 0 Å². The molecular formula is C20H29F3N2O4. The van der Waals surface area contributed by atoms with E-state index in [0.717, 1.165) is 18.2 Å². The van der Waals surface area contributed by atoms with Gasteiger partial charge in [0.15, 0.2) is 0 Å². The van der Waals surface area contributed by atoms with Gasteiger partial charge in [0, 0.05) is 18.3 Å². The van der Waals surface area contributed by atoms with Gasteiger partial charge in [-0.15, -0.1) is 0 Å². The van der Waals surface area contributed by atoms with Crippen LogP contribution in [0.4, 0.5) is 23.7 Å². The minimum absolute atomic E-state index is 0.0387. The Balaban J connectivity index is 2.59. The third-order valence-electron chi connectivity index (χ3n) is 3.88. The summed E-state index contributed by atoms with van der Waals surface area (Å²) in [4.78, 5) is 23.2. The van der Waals surface area contributed by atoms with Crippen LogP contribution in [0.3, 0.4) is 0 Å². The number of esters is 1. The molecule has 1 aromatic carbocycles. The quantitative estimate of drug-likeness (QED) is 0.460. The topological polar surface area (TPSA) is 76.7 Å². The number of unbranched alkanes of at least 4 members (excludes halogenated alkanes) is 1. The van der Waals surface area contributed by atoms with Crippen molar-refractivity contribution in [3.63, 3.8) is 0 Å². The van der Waals surface area contributed by atoms with Crippen LogP contribution < -0.4 is 10.6 Å². The number of benzene rings is 1. The number of carbonyl (C=O) groups is 2. The van der Waals surface area contributed by atoms with Gasteiger partial charge in [0.05, 0.1) is 18.2 Å². The number of alkyl carbamates (subject to hydrolysis) is 1. The summed E-state index contributed by atoms with van der Waals surface area (Å²) in [6.45, 7) is 7.47. The molecule has 29 heavy (non-hydrogen) atoms. The van der Waals surface area contributed by atoms with Crippen molar-refractivity contribution >= 4 is 17.7 Å². The molecule has 0 aliphatic heterocycles. The second kappa shape index (κ2) is 10.4. The summed E-state index contributed by atoms with van der Waals surface area (Å²) in [5.74, 6) is -0.706. The van der Waals surface area contributed by atoms with E-state index < -0.39 is 29.4 Å². The Labute approximate surface area is 169 Å². The first-order valence-electron chi connectivity index (χ1n) is 9.36. The lowest BCUT2D eigenvalue weighted by Crippen LogP contribution is -2.33. The van der Waals surface area contributed by atoms with Crippen LogP contribution in [0.25, 0.3) is 0 Å². The molecule has 0 spiro atoms. The minimum atomic E-state index is -4.55. The molecule has 164 valence electrons. The molecule has 1 unspecified atom stereocenters. The molecule has 9 heteroatoms. The third kappa shape index (κ3) is 9.06. The first kappa shape index (κ1) is 24.6. The number of methoxy groups -OCH3 is 1. The highest BCUT2D eigenvalue weighted by Crippen LogP contribution is 2.36. The van der Waals surface area contributed by atoms with Gasteiger partial charge >= 0.3 is 18.2 Å². The molecule has 0 saturated heterocycles. The third-order valence-corrected chi connectivity index (χ3v) is 3.88. The Morgan fingerprint density at radius 2 is 1.79 bits per heavy atom. The van der Waals surface area contributed by atoms with Gasteiger partial charge in [0.1, 0.15) is 5.60 Å². The molecule has 0 aliphatic carbocycles. The van der Waals surface area contributed by atoms with Crippen LogP contribution >= 0.6 is 0 Å². The fraction of sp³-hybridized carbons (Fsp3) is 0.600. The van der Waals surface area contributed by atoms with Crippen molar-refractivity contribution in [2.24, 2.45) is 0 Å². The van der Waals surface area contributed by atoms with Crippen molar-refractivity contribution in [3.05, 3.63) is 29.3 Å². The van der Waals surface area contributed by atoms with Crippen molar-refractivity contribution in [1.82, 2.24) is 5.32 Å². The molecule has 2 N–H and O–H groups in total. The molecule has 0 radical (unpaired) electrons. The average Bonchev–Trinajstić information content (AvgIpc) is 2.58. The zero-order valence-electron chi connectivity index (χ0n) is 17.4. The normalized spacial score (nSPS) is 12.8. The van der Waals surface area contributed by atoms with Gasteiger partial charge in [0.2, 0.25) is 0 Å². The van der Waals surface area contributed by atoms with Crippen LogP contribution in [0, 0.1) is 0 Å². The lowest BCUT2D eigenvalue weighted by atomic mass is 10.1. The Bertz CT molecular complexity index is 700. The van der Waals surface area contributed by atoms with Crippen molar-refractivity contribution in [2.75, 3.05) is 19.0 Å². The number of halogens is 3.